The second kappa shape index (κ2) is 4.28. The summed E-state index contributed by atoms with van der Waals surface area (Å²) in [5.41, 5.74) is 2.06. The maximum absolute atomic E-state index is 10.7. The van der Waals surface area contributed by atoms with Crippen molar-refractivity contribution in [1.82, 2.24) is 9.78 Å². The van der Waals surface area contributed by atoms with Crippen LogP contribution in [0.15, 0.2) is 36.5 Å². The van der Waals surface area contributed by atoms with Crippen molar-refractivity contribution < 1.29 is 4.79 Å². The Morgan fingerprint density at radius 3 is 2.60 bits per heavy atom. The molecule has 0 unspecified atom stereocenters. The molecule has 0 N–H and O–H groups in total. The first kappa shape index (κ1) is 9.93. The molecule has 15 heavy (non-hydrogen) atoms. The van der Waals surface area contributed by atoms with Gasteiger partial charge in [-0.3, -0.25) is 4.79 Å². The van der Waals surface area contributed by atoms with Crippen molar-refractivity contribution in [3.8, 4) is 5.69 Å². The lowest BCUT2D eigenvalue weighted by Crippen LogP contribution is -1.94. The highest BCUT2D eigenvalue weighted by Crippen LogP contribution is 2.12. The molecule has 3 nitrogen and oxygen atoms in total. The molecule has 1 heterocycles. The molecule has 0 amide bonds. The van der Waals surface area contributed by atoms with Crippen molar-refractivity contribution in [3.05, 3.63) is 47.8 Å². The van der Waals surface area contributed by atoms with Crippen LogP contribution in [-0.4, -0.2) is 16.1 Å². The third kappa shape index (κ3) is 1.92. The quantitative estimate of drug-likeness (QED) is 0.588. The van der Waals surface area contributed by atoms with Crippen molar-refractivity contribution in [2.24, 2.45) is 0 Å². The molecule has 0 atom stereocenters. The van der Waals surface area contributed by atoms with Gasteiger partial charge in [0.2, 0.25) is 0 Å². The molecule has 0 fully saturated rings. The number of rotatable bonds is 3. The first-order valence-electron chi connectivity index (χ1n) is 4.50. The van der Waals surface area contributed by atoms with Crippen LogP contribution in [0, 0.1) is 0 Å². The summed E-state index contributed by atoms with van der Waals surface area (Å²) in [6.45, 7) is 0. The van der Waals surface area contributed by atoms with E-state index in [9.17, 15) is 4.79 Å². The van der Waals surface area contributed by atoms with E-state index >= 15 is 0 Å². The van der Waals surface area contributed by atoms with Crippen LogP contribution < -0.4 is 0 Å². The van der Waals surface area contributed by atoms with E-state index in [4.69, 9.17) is 11.6 Å². The molecule has 0 saturated heterocycles. The Labute approximate surface area is 92.3 Å². The van der Waals surface area contributed by atoms with Crippen molar-refractivity contribution in [1.29, 1.82) is 0 Å². The fourth-order valence-electron chi connectivity index (χ4n) is 1.34. The first-order chi connectivity index (χ1) is 7.35. The van der Waals surface area contributed by atoms with E-state index in [1.165, 1.54) is 0 Å². The molecule has 76 valence electrons. The molecule has 2 rings (SSSR count). The van der Waals surface area contributed by atoms with Gasteiger partial charge in [-0.25, -0.2) is 4.68 Å². The Kier molecular flexibility index (Phi) is 2.83. The summed E-state index contributed by atoms with van der Waals surface area (Å²) in [5.74, 6) is 0.244. The number of alkyl halides is 1. The highest BCUT2D eigenvalue weighted by Gasteiger charge is 2.07. The maximum Gasteiger partial charge on any atom is 0.153 e. The number of para-hydroxylation sites is 1. The lowest BCUT2D eigenvalue weighted by atomic mass is 10.3. The molecule has 2 aromatic rings. The molecule has 1 aromatic heterocycles. The van der Waals surface area contributed by atoms with Gasteiger partial charge in [0.05, 0.1) is 22.8 Å². The molecule has 0 aliphatic heterocycles. The smallest absolute Gasteiger partial charge is 0.153 e. The summed E-state index contributed by atoms with van der Waals surface area (Å²) < 4.78 is 1.65. The van der Waals surface area contributed by atoms with Crippen molar-refractivity contribution in [2.45, 2.75) is 5.88 Å². The van der Waals surface area contributed by atoms with Gasteiger partial charge in [-0.05, 0) is 12.1 Å². The van der Waals surface area contributed by atoms with Gasteiger partial charge in [-0.2, -0.15) is 5.10 Å². The second-order valence-electron chi connectivity index (χ2n) is 3.06. The second-order valence-corrected chi connectivity index (χ2v) is 3.33. The zero-order valence-corrected chi connectivity index (χ0v) is 8.69. The van der Waals surface area contributed by atoms with E-state index in [0.29, 0.717) is 11.3 Å². The van der Waals surface area contributed by atoms with E-state index < -0.39 is 0 Å². The summed E-state index contributed by atoms with van der Waals surface area (Å²) in [6.07, 6.45) is 2.45. The SMILES string of the molecule is O=Cc1cn(-c2ccccc2)nc1CCl. The predicted molar refractivity (Wildman–Crippen MR) is 58.5 cm³/mol. The van der Waals surface area contributed by atoms with Crippen LogP contribution in [0.25, 0.3) is 5.69 Å². The minimum Gasteiger partial charge on any atom is -0.298 e. The average Bonchev–Trinajstić information content (AvgIpc) is 2.73. The van der Waals surface area contributed by atoms with Crippen LogP contribution in [0.1, 0.15) is 16.1 Å². The number of hydrogen-bond acceptors (Lipinski definition) is 2. The summed E-state index contributed by atoms with van der Waals surface area (Å²) in [7, 11) is 0. The third-order valence-corrected chi connectivity index (χ3v) is 2.35. The summed E-state index contributed by atoms with van der Waals surface area (Å²) in [5, 5.41) is 4.22. The lowest BCUT2D eigenvalue weighted by molar-refractivity contribution is 0.112. The summed E-state index contributed by atoms with van der Waals surface area (Å²) >= 11 is 5.68. The monoisotopic (exact) mass is 220 g/mol. The van der Waals surface area contributed by atoms with Gasteiger partial charge in [0.25, 0.3) is 0 Å². The number of benzene rings is 1. The summed E-state index contributed by atoms with van der Waals surface area (Å²) in [4.78, 5) is 10.7. The van der Waals surface area contributed by atoms with E-state index in [-0.39, 0.29) is 5.88 Å². The Morgan fingerprint density at radius 1 is 1.33 bits per heavy atom. The molecular formula is C11H9ClN2O. The lowest BCUT2D eigenvalue weighted by Gasteiger charge is -1.98. The number of carbonyl (C=O) groups excluding carboxylic acids is 1. The van der Waals surface area contributed by atoms with E-state index in [2.05, 4.69) is 5.10 Å². The van der Waals surface area contributed by atoms with Gasteiger partial charge in [0, 0.05) is 6.20 Å². The van der Waals surface area contributed by atoms with Crippen molar-refractivity contribution in [2.75, 3.05) is 0 Å². The number of aromatic nitrogens is 2. The van der Waals surface area contributed by atoms with Crippen LogP contribution in [0.5, 0.6) is 0 Å². The fourth-order valence-corrected chi connectivity index (χ4v) is 1.55. The van der Waals surface area contributed by atoms with Crippen LogP contribution in [-0.2, 0) is 5.88 Å². The number of nitrogens with zero attached hydrogens (tertiary/aromatic N) is 2. The standard InChI is InChI=1S/C11H9ClN2O/c12-6-11-9(8-15)7-14(13-11)10-4-2-1-3-5-10/h1-5,7-8H,6H2. The Bertz CT molecular complexity index is 465. The Morgan fingerprint density at radius 2 is 2.07 bits per heavy atom. The van der Waals surface area contributed by atoms with Gasteiger partial charge < -0.3 is 0 Å². The zero-order chi connectivity index (χ0) is 10.7. The topological polar surface area (TPSA) is 34.9 Å². The molecule has 0 saturated carbocycles. The average molecular weight is 221 g/mol. The van der Waals surface area contributed by atoms with Crippen LogP contribution >= 0.6 is 11.6 Å². The van der Waals surface area contributed by atoms with Crippen LogP contribution in [0.2, 0.25) is 0 Å². The Hall–Kier alpha value is -1.61. The fraction of sp³-hybridized carbons (Fsp3) is 0.0909. The van der Waals surface area contributed by atoms with Gasteiger partial charge in [0.15, 0.2) is 6.29 Å². The van der Waals surface area contributed by atoms with Crippen molar-refractivity contribution >= 4 is 17.9 Å². The first-order valence-corrected chi connectivity index (χ1v) is 5.03. The van der Waals surface area contributed by atoms with Gasteiger partial charge in [-0.15, -0.1) is 11.6 Å². The van der Waals surface area contributed by atoms with Crippen LogP contribution in [0.3, 0.4) is 0 Å². The highest BCUT2D eigenvalue weighted by molar-refractivity contribution is 6.17. The van der Waals surface area contributed by atoms with Gasteiger partial charge in [-0.1, -0.05) is 18.2 Å². The minimum absolute atomic E-state index is 0.244. The minimum atomic E-state index is 0.244. The maximum atomic E-state index is 10.7. The molecular weight excluding hydrogens is 212 g/mol. The molecule has 0 bridgehead atoms. The predicted octanol–water partition coefficient (Wildman–Crippen LogP) is 2.42. The number of aldehydes is 1. The van der Waals surface area contributed by atoms with E-state index in [1.807, 2.05) is 30.3 Å². The zero-order valence-electron chi connectivity index (χ0n) is 7.93. The molecule has 0 spiro atoms. The number of halogens is 1. The van der Waals surface area contributed by atoms with E-state index in [1.54, 1.807) is 10.9 Å². The normalized spacial score (nSPS) is 10.2. The van der Waals surface area contributed by atoms with Gasteiger partial charge >= 0.3 is 0 Å². The molecule has 4 heteroatoms. The number of hydrogen-bond donors (Lipinski definition) is 0. The Balaban J connectivity index is 2.46. The highest BCUT2D eigenvalue weighted by atomic mass is 35.5. The number of carbonyl (C=O) groups is 1. The van der Waals surface area contributed by atoms with Crippen molar-refractivity contribution in [3.63, 3.8) is 0 Å². The van der Waals surface area contributed by atoms with Crippen LogP contribution in [0.4, 0.5) is 0 Å². The molecule has 1 aromatic carbocycles. The largest absolute Gasteiger partial charge is 0.298 e. The van der Waals surface area contributed by atoms with Gasteiger partial charge in [0.1, 0.15) is 0 Å². The summed E-state index contributed by atoms with van der Waals surface area (Å²) in [6, 6.07) is 9.59. The third-order valence-electron chi connectivity index (χ3n) is 2.10. The molecule has 0 aliphatic carbocycles. The molecule has 0 aliphatic rings. The molecule has 0 radical (unpaired) electrons. The van der Waals surface area contributed by atoms with E-state index in [0.717, 1.165) is 12.0 Å².